The highest BCUT2D eigenvalue weighted by molar-refractivity contribution is 6.06. The zero-order valence-electron chi connectivity index (χ0n) is 15.5. The van der Waals surface area contributed by atoms with Gasteiger partial charge < -0.3 is 18.9 Å². The van der Waals surface area contributed by atoms with E-state index in [4.69, 9.17) is 14.2 Å². The number of carbonyl (C=O) groups is 2. The van der Waals surface area contributed by atoms with Crippen LogP contribution in [0.3, 0.4) is 0 Å². The van der Waals surface area contributed by atoms with E-state index in [-0.39, 0.29) is 28.2 Å². The summed E-state index contributed by atoms with van der Waals surface area (Å²) in [6.45, 7) is 0. The first kappa shape index (κ1) is 21.1. The number of rotatable bonds is 5. The van der Waals surface area contributed by atoms with Crippen LogP contribution in [0.5, 0.6) is 11.5 Å². The molecule has 0 aliphatic carbocycles. The molecule has 2 aromatic rings. The van der Waals surface area contributed by atoms with Crippen molar-refractivity contribution in [1.82, 2.24) is 0 Å². The second-order valence-electron chi connectivity index (χ2n) is 5.43. The third-order valence-electron chi connectivity index (χ3n) is 3.98. The van der Waals surface area contributed by atoms with E-state index >= 15 is 0 Å². The highest BCUT2D eigenvalue weighted by Gasteiger charge is 2.38. The van der Waals surface area contributed by atoms with Crippen LogP contribution in [0.25, 0.3) is 11.1 Å². The van der Waals surface area contributed by atoms with Crippen LogP contribution in [0, 0.1) is 0 Å². The molecule has 0 aliphatic rings. The first-order chi connectivity index (χ1) is 13.2. The summed E-state index contributed by atoms with van der Waals surface area (Å²) in [5.41, 5.74) is -2.27. The summed E-state index contributed by atoms with van der Waals surface area (Å²) in [7, 11) is 4.68. The molecule has 0 fully saturated rings. The van der Waals surface area contributed by atoms with Gasteiger partial charge in [0.2, 0.25) is 0 Å². The first-order valence-electron chi connectivity index (χ1n) is 7.83. The van der Waals surface area contributed by atoms with Crippen molar-refractivity contribution in [2.75, 3.05) is 28.4 Å². The molecule has 0 saturated carbocycles. The zero-order chi connectivity index (χ0) is 21.1. The van der Waals surface area contributed by atoms with Crippen LogP contribution < -0.4 is 9.47 Å². The van der Waals surface area contributed by atoms with E-state index in [0.29, 0.717) is 0 Å². The first-order valence-corrected chi connectivity index (χ1v) is 7.83. The highest BCUT2D eigenvalue weighted by atomic mass is 19.4. The van der Waals surface area contributed by atoms with Gasteiger partial charge in [-0.2, -0.15) is 13.2 Å². The minimum atomic E-state index is -4.82. The maximum atomic E-state index is 13.5. The van der Waals surface area contributed by atoms with E-state index in [2.05, 4.69) is 4.74 Å². The standard InChI is InChI=1S/C19H17F3O6/c1-25-13-9-8-11(15(16(13)26-2)18(24)28-4)10-6-5-7-12(19(20,21)22)14(10)17(23)27-3/h5-9H,1-4H3. The molecular weight excluding hydrogens is 381 g/mol. The van der Waals surface area contributed by atoms with Gasteiger partial charge in [0.25, 0.3) is 0 Å². The van der Waals surface area contributed by atoms with E-state index in [1.807, 2.05) is 0 Å². The number of ether oxygens (including phenoxy) is 4. The molecule has 2 rings (SSSR count). The fraction of sp³-hybridized carbons (Fsp3) is 0.263. The van der Waals surface area contributed by atoms with Gasteiger partial charge in [0.15, 0.2) is 11.5 Å². The topological polar surface area (TPSA) is 71.1 Å². The summed E-state index contributed by atoms with van der Waals surface area (Å²) in [5.74, 6) is -1.95. The molecule has 9 heteroatoms. The Balaban J connectivity index is 2.96. The lowest BCUT2D eigenvalue weighted by Gasteiger charge is -2.19. The molecule has 0 aromatic heterocycles. The van der Waals surface area contributed by atoms with Gasteiger partial charge in [-0.3, -0.25) is 0 Å². The summed E-state index contributed by atoms with van der Waals surface area (Å²) >= 11 is 0. The minimum Gasteiger partial charge on any atom is -0.493 e. The van der Waals surface area contributed by atoms with E-state index in [9.17, 15) is 22.8 Å². The van der Waals surface area contributed by atoms with Gasteiger partial charge in [0, 0.05) is 5.56 Å². The molecule has 0 saturated heterocycles. The SMILES string of the molecule is COC(=O)c1c(-c2ccc(OC)c(OC)c2C(=O)OC)cccc1C(F)(F)F. The fourth-order valence-corrected chi connectivity index (χ4v) is 2.79. The predicted molar refractivity (Wildman–Crippen MR) is 92.7 cm³/mol. The molecule has 0 atom stereocenters. The lowest BCUT2D eigenvalue weighted by molar-refractivity contribution is -0.138. The lowest BCUT2D eigenvalue weighted by Crippen LogP contribution is -2.16. The number of hydrogen-bond acceptors (Lipinski definition) is 6. The van der Waals surface area contributed by atoms with Gasteiger partial charge in [-0.15, -0.1) is 0 Å². The van der Waals surface area contributed by atoms with E-state index < -0.39 is 29.2 Å². The number of carbonyl (C=O) groups excluding carboxylic acids is 2. The van der Waals surface area contributed by atoms with Gasteiger partial charge in [0.05, 0.1) is 39.6 Å². The normalized spacial score (nSPS) is 11.0. The minimum absolute atomic E-state index is 0.00370. The van der Waals surface area contributed by atoms with Crippen molar-refractivity contribution in [2.45, 2.75) is 6.18 Å². The van der Waals surface area contributed by atoms with E-state index in [1.165, 1.54) is 32.4 Å². The van der Waals surface area contributed by atoms with Crippen LogP contribution in [0.1, 0.15) is 26.3 Å². The Bertz CT molecular complexity index is 905. The van der Waals surface area contributed by atoms with Crippen molar-refractivity contribution in [2.24, 2.45) is 0 Å². The molecule has 150 valence electrons. The number of alkyl halides is 3. The lowest BCUT2D eigenvalue weighted by atomic mass is 9.91. The molecule has 6 nitrogen and oxygen atoms in total. The third-order valence-corrected chi connectivity index (χ3v) is 3.98. The number of hydrogen-bond donors (Lipinski definition) is 0. The molecule has 0 radical (unpaired) electrons. The van der Waals surface area contributed by atoms with Gasteiger partial charge in [-0.05, 0) is 23.8 Å². The summed E-state index contributed by atoms with van der Waals surface area (Å²) in [4.78, 5) is 24.6. The molecule has 0 N–H and O–H groups in total. The van der Waals surface area contributed by atoms with Crippen molar-refractivity contribution in [3.05, 3.63) is 47.0 Å². The Labute approximate surface area is 158 Å². The summed E-state index contributed by atoms with van der Waals surface area (Å²) in [6.07, 6.45) is -4.82. The van der Waals surface area contributed by atoms with Crippen molar-refractivity contribution in [3.63, 3.8) is 0 Å². The maximum Gasteiger partial charge on any atom is 0.417 e. The summed E-state index contributed by atoms with van der Waals surface area (Å²) in [6, 6.07) is 5.91. The molecule has 0 amide bonds. The third kappa shape index (κ3) is 3.73. The summed E-state index contributed by atoms with van der Waals surface area (Å²) in [5, 5.41) is 0. The Morgan fingerprint density at radius 3 is 1.86 bits per heavy atom. The van der Waals surface area contributed by atoms with Crippen LogP contribution in [0.4, 0.5) is 13.2 Å². The van der Waals surface area contributed by atoms with E-state index in [0.717, 1.165) is 26.4 Å². The second kappa shape index (κ2) is 8.20. The Kier molecular flexibility index (Phi) is 6.17. The molecule has 0 spiro atoms. The van der Waals surface area contributed by atoms with Gasteiger partial charge in [0.1, 0.15) is 5.56 Å². The van der Waals surface area contributed by atoms with Crippen LogP contribution in [-0.2, 0) is 15.7 Å². The quantitative estimate of drug-likeness (QED) is 0.710. The highest BCUT2D eigenvalue weighted by Crippen LogP contribution is 2.42. The average Bonchev–Trinajstić information content (AvgIpc) is 2.69. The zero-order valence-corrected chi connectivity index (χ0v) is 15.5. The Hall–Kier alpha value is -3.23. The fourth-order valence-electron chi connectivity index (χ4n) is 2.79. The molecule has 0 aliphatic heterocycles. The number of halogens is 3. The van der Waals surface area contributed by atoms with Crippen LogP contribution in [0.15, 0.2) is 30.3 Å². The predicted octanol–water partition coefficient (Wildman–Crippen LogP) is 3.96. The average molecular weight is 398 g/mol. The van der Waals surface area contributed by atoms with Crippen LogP contribution >= 0.6 is 0 Å². The summed E-state index contributed by atoms with van der Waals surface area (Å²) < 4.78 is 60.1. The smallest absolute Gasteiger partial charge is 0.417 e. The van der Waals surface area contributed by atoms with Crippen LogP contribution in [-0.4, -0.2) is 40.4 Å². The number of esters is 2. The molecular formula is C19H17F3O6. The van der Waals surface area contributed by atoms with E-state index in [1.54, 1.807) is 0 Å². The molecule has 2 aromatic carbocycles. The van der Waals surface area contributed by atoms with Gasteiger partial charge in [-0.1, -0.05) is 12.1 Å². The monoisotopic (exact) mass is 398 g/mol. The largest absolute Gasteiger partial charge is 0.493 e. The molecule has 0 unspecified atom stereocenters. The van der Waals surface area contributed by atoms with Crippen molar-refractivity contribution >= 4 is 11.9 Å². The Morgan fingerprint density at radius 2 is 1.36 bits per heavy atom. The second-order valence-corrected chi connectivity index (χ2v) is 5.43. The molecule has 0 heterocycles. The number of methoxy groups -OCH3 is 4. The maximum absolute atomic E-state index is 13.5. The number of benzene rings is 2. The van der Waals surface area contributed by atoms with Crippen molar-refractivity contribution < 1.29 is 41.7 Å². The van der Waals surface area contributed by atoms with Gasteiger partial charge in [-0.25, -0.2) is 9.59 Å². The van der Waals surface area contributed by atoms with Crippen molar-refractivity contribution in [3.8, 4) is 22.6 Å². The molecule has 28 heavy (non-hydrogen) atoms. The Morgan fingerprint density at radius 1 is 0.786 bits per heavy atom. The molecule has 0 bridgehead atoms. The van der Waals surface area contributed by atoms with Crippen LogP contribution in [0.2, 0.25) is 0 Å². The van der Waals surface area contributed by atoms with Crippen molar-refractivity contribution in [1.29, 1.82) is 0 Å². The van der Waals surface area contributed by atoms with Gasteiger partial charge >= 0.3 is 18.1 Å².